The molecular formula is C31H40O6. The summed E-state index contributed by atoms with van der Waals surface area (Å²) in [5, 5.41) is 32.5. The summed E-state index contributed by atoms with van der Waals surface area (Å²) in [6.45, 7) is 13.5. The molecule has 1 fully saturated rings. The lowest BCUT2D eigenvalue weighted by Crippen LogP contribution is -2.57. The summed E-state index contributed by atoms with van der Waals surface area (Å²) in [7, 11) is 0. The van der Waals surface area contributed by atoms with E-state index in [0.29, 0.717) is 24.8 Å². The molecule has 1 unspecified atom stereocenters. The van der Waals surface area contributed by atoms with Crippen molar-refractivity contribution in [2.45, 2.75) is 86.0 Å². The number of aliphatic carboxylic acids is 1. The maximum absolute atomic E-state index is 12.6. The third-order valence-electron chi connectivity index (χ3n) is 9.47. The number of esters is 1. The number of aliphatic hydroxyl groups excluding tert-OH is 2. The Hall–Kier alpha value is -2.70. The van der Waals surface area contributed by atoms with Gasteiger partial charge in [-0.3, -0.25) is 4.79 Å². The van der Waals surface area contributed by atoms with E-state index >= 15 is 0 Å². The van der Waals surface area contributed by atoms with Gasteiger partial charge in [0.1, 0.15) is 6.10 Å². The lowest BCUT2D eigenvalue weighted by atomic mass is 9.43. The monoisotopic (exact) mass is 508 g/mol. The summed E-state index contributed by atoms with van der Waals surface area (Å²) < 4.78 is 5.78. The average Bonchev–Trinajstić information content (AvgIpc) is 3.05. The summed E-state index contributed by atoms with van der Waals surface area (Å²) in [6.07, 6.45) is 10.9. The summed E-state index contributed by atoms with van der Waals surface area (Å²) >= 11 is 0. The molecule has 200 valence electrons. The molecule has 0 saturated heterocycles. The lowest BCUT2D eigenvalue weighted by molar-refractivity contribution is -0.146. The predicted molar refractivity (Wildman–Crippen MR) is 142 cm³/mol. The number of carboxylic acid groups (broad SMARTS) is 1. The second-order valence-corrected chi connectivity index (χ2v) is 12.0. The molecule has 37 heavy (non-hydrogen) atoms. The topological polar surface area (TPSA) is 104 Å². The smallest absolute Gasteiger partial charge is 0.331 e. The molecule has 0 spiro atoms. The Kier molecular flexibility index (Phi) is 6.83. The molecule has 0 amide bonds. The van der Waals surface area contributed by atoms with Crippen LogP contribution in [0.5, 0.6) is 0 Å². The van der Waals surface area contributed by atoms with Crippen molar-refractivity contribution in [1.29, 1.82) is 0 Å². The molecule has 3 N–H and O–H groups in total. The Morgan fingerprint density at radius 3 is 2.41 bits per heavy atom. The van der Waals surface area contributed by atoms with Gasteiger partial charge in [0, 0.05) is 40.2 Å². The van der Waals surface area contributed by atoms with Crippen LogP contribution in [0.2, 0.25) is 0 Å². The van der Waals surface area contributed by atoms with Gasteiger partial charge in [0.05, 0.1) is 12.2 Å². The second-order valence-electron chi connectivity index (χ2n) is 12.0. The first kappa shape index (κ1) is 27.3. The third-order valence-corrected chi connectivity index (χ3v) is 9.47. The van der Waals surface area contributed by atoms with E-state index in [9.17, 15) is 24.9 Å². The van der Waals surface area contributed by atoms with Crippen LogP contribution in [0, 0.1) is 22.2 Å². The molecule has 0 aromatic heterocycles. The van der Waals surface area contributed by atoms with Crippen LogP contribution < -0.4 is 0 Å². The number of hydrogen-bond donors (Lipinski definition) is 3. The van der Waals surface area contributed by atoms with Crippen LogP contribution in [0.25, 0.3) is 0 Å². The first-order chi connectivity index (χ1) is 17.2. The molecule has 0 aromatic carbocycles. The van der Waals surface area contributed by atoms with Gasteiger partial charge in [-0.1, -0.05) is 62.8 Å². The molecule has 4 aliphatic carbocycles. The van der Waals surface area contributed by atoms with Crippen molar-refractivity contribution in [2.75, 3.05) is 0 Å². The zero-order valence-electron chi connectivity index (χ0n) is 23.0. The number of carbonyl (C=O) groups excluding carboxylic acids is 1. The molecule has 0 radical (unpaired) electrons. The van der Waals surface area contributed by atoms with E-state index < -0.39 is 46.5 Å². The van der Waals surface area contributed by atoms with E-state index in [2.05, 4.69) is 32.9 Å². The molecule has 0 heterocycles. The first-order valence-corrected chi connectivity index (χ1v) is 13.1. The summed E-state index contributed by atoms with van der Waals surface area (Å²) in [6, 6.07) is 0. The van der Waals surface area contributed by atoms with Gasteiger partial charge in [-0.2, -0.15) is 0 Å². The number of carbonyl (C=O) groups is 2. The minimum atomic E-state index is -1.03. The van der Waals surface area contributed by atoms with E-state index in [1.54, 1.807) is 6.08 Å². The summed E-state index contributed by atoms with van der Waals surface area (Å²) in [5.41, 5.74) is 2.80. The van der Waals surface area contributed by atoms with E-state index in [1.807, 2.05) is 39.0 Å². The Bertz CT molecular complexity index is 1210. The van der Waals surface area contributed by atoms with Crippen molar-refractivity contribution in [3.8, 4) is 0 Å². The summed E-state index contributed by atoms with van der Waals surface area (Å²) in [5.74, 6) is -1.75. The van der Waals surface area contributed by atoms with Crippen LogP contribution in [-0.4, -0.2) is 45.6 Å². The molecule has 0 aliphatic heterocycles. The quantitative estimate of drug-likeness (QED) is 0.268. The molecule has 4 aliphatic rings. The minimum Gasteiger partial charge on any atom is -0.478 e. The maximum atomic E-state index is 12.6. The lowest BCUT2D eigenvalue weighted by Gasteiger charge is -2.60. The number of fused-ring (bicyclic) bond motifs is 5. The van der Waals surface area contributed by atoms with Crippen LogP contribution in [0.1, 0.15) is 67.7 Å². The Labute approximate surface area is 219 Å². The van der Waals surface area contributed by atoms with Crippen LogP contribution in [-0.2, 0) is 14.3 Å². The van der Waals surface area contributed by atoms with Crippen LogP contribution in [0.3, 0.4) is 0 Å². The fourth-order valence-corrected chi connectivity index (χ4v) is 7.54. The minimum absolute atomic E-state index is 0.232. The Morgan fingerprint density at radius 2 is 1.81 bits per heavy atom. The molecule has 0 bridgehead atoms. The Balaban J connectivity index is 1.94. The van der Waals surface area contributed by atoms with Gasteiger partial charge < -0.3 is 20.1 Å². The van der Waals surface area contributed by atoms with Gasteiger partial charge in [0.15, 0.2) is 0 Å². The number of carboxylic acids is 1. The van der Waals surface area contributed by atoms with Gasteiger partial charge in [-0.15, -0.1) is 0 Å². The number of aliphatic hydroxyl groups is 2. The van der Waals surface area contributed by atoms with Crippen molar-refractivity contribution < 1.29 is 29.6 Å². The fraction of sp³-hybridized carbons (Fsp3) is 0.548. The zero-order valence-corrected chi connectivity index (χ0v) is 23.0. The van der Waals surface area contributed by atoms with Gasteiger partial charge in [-0.25, -0.2) is 4.79 Å². The van der Waals surface area contributed by atoms with Crippen molar-refractivity contribution >= 4 is 11.9 Å². The largest absolute Gasteiger partial charge is 0.478 e. The van der Waals surface area contributed by atoms with Crippen LogP contribution in [0.15, 0.2) is 69.9 Å². The SMILES string of the molecule is CC(=O)O[C@H]1C[C@@]2(C)C(=C[C@@H](O)C3[C@@]4(C)C=C[C@@H](O)C(C)=C4C=C[C@@]32C)/C1=C(\CCC=C(C)C)C(=O)O. The van der Waals surface area contributed by atoms with E-state index in [-0.39, 0.29) is 11.5 Å². The molecule has 6 heteroatoms. The number of ether oxygens (including phenoxy) is 1. The maximum Gasteiger partial charge on any atom is 0.331 e. The van der Waals surface area contributed by atoms with Gasteiger partial charge in [0.25, 0.3) is 0 Å². The Morgan fingerprint density at radius 1 is 1.14 bits per heavy atom. The van der Waals surface area contributed by atoms with Gasteiger partial charge in [0.2, 0.25) is 0 Å². The standard InChI is InChI=1S/C31H40O6/c1-17(2)9-8-10-20(28(35)36)26-22-15-24(34)27-29(5)13-12-23(33)18(3)21(29)11-14-30(27,6)31(22,7)16-25(26)37-19(4)32/h9,11-15,23-25,27,33-34H,8,10,16H2,1-7H3,(H,35,36)/b26-20-/t23-,24-,25+,27?,29+,30+,31+/m1/s1. The second kappa shape index (κ2) is 9.25. The van der Waals surface area contributed by atoms with Crippen molar-refractivity contribution in [2.24, 2.45) is 22.2 Å². The highest BCUT2D eigenvalue weighted by atomic mass is 16.5. The number of allylic oxidation sites excluding steroid dienone is 6. The van der Waals surface area contributed by atoms with Crippen molar-refractivity contribution in [3.05, 3.63) is 69.9 Å². The highest BCUT2D eigenvalue weighted by molar-refractivity contribution is 5.89. The first-order valence-electron chi connectivity index (χ1n) is 13.1. The molecule has 6 nitrogen and oxygen atoms in total. The molecular weight excluding hydrogens is 468 g/mol. The van der Waals surface area contributed by atoms with Crippen LogP contribution >= 0.6 is 0 Å². The van der Waals surface area contributed by atoms with Crippen LogP contribution in [0.4, 0.5) is 0 Å². The number of hydrogen-bond acceptors (Lipinski definition) is 5. The predicted octanol–water partition coefficient (Wildman–Crippen LogP) is 5.20. The van der Waals surface area contributed by atoms with Crippen molar-refractivity contribution in [3.63, 3.8) is 0 Å². The highest BCUT2D eigenvalue weighted by Gasteiger charge is 2.65. The normalized spacial score (nSPS) is 39.3. The molecule has 1 saturated carbocycles. The third kappa shape index (κ3) is 4.09. The zero-order chi connectivity index (χ0) is 27.5. The van der Waals surface area contributed by atoms with E-state index in [1.165, 1.54) is 6.92 Å². The van der Waals surface area contributed by atoms with Gasteiger partial charge in [-0.05, 0) is 56.8 Å². The molecule has 7 atom stereocenters. The molecule has 4 rings (SSSR count). The fourth-order valence-electron chi connectivity index (χ4n) is 7.54. The van der Waals surface area contributed by atoms with Crippen molar-refractivity contribution in [1.82, 2.24) is 0 Å². The summed E-state index contributed by atoms with van der Waals surface area (Å²) in [4.78, 5) is 24.7. The number of rotatable bonds is 5. The molecule has 0 aromatic rings. The highest BCUT2D eigenvalue weighted by Crippen LogP contribution is 2.70. The van der Waals surface area contributed by atoms with Gasteiger partial charge >= 0.3 is 11.9 Å². The van der Waals surface area contributed by atoms with E-state index in [4.69, 9.17) is 4.74 Å². The van der Waals surface area contributed by atoms with E-state index in [0.717, 1.165) is 22.3 Å². The average molecular weight is 509 g/mol.